The smallest absolute Gasteiger partial charge is 0.253 e. The van der Waals surface area contributed by atoms with E-state index >= 15 is 0 Å². The first-order valence-corrected chi connectivity index (χ1v) is 10.3. The van der Waals surface area contributed by atoms with Crippen LogP contribution in [-0.2, 0) is 0 Å². The molecule has 29 heavy (non-hydrogen) atoms. The third kappa shape index (κ3) is 5.26. The molecule has 6 nitrogen and oxygen atoms in total. The van der Waals surface area contributed by atoms with Crippen molar-refractivity contribution in [3.63, 3.8) is 0 Å². The number of methoxy groups -OCH3 is 1. The van der Waals surface area contributed by atoms with E-state index in [9.17, 15) is 9.90 Å². The fraction of sp³-hybridized carbons (Fsp3) is 0.478. The Morgan fingerprint density at radius 3 is 2.69 bits per heavy atom. The molecule has 1 aromatic heterocycles. The number of nitrogens with one attached hydrogen (secondary N) is 1. The second-order valence-corrected chi connectivity index (χ2v) is 8.00. The first-order valence-electron chi connectivity index (χ1n) is 10.3. The minimum atomic E-state index is -0.263. The van der Waals surface area contributed by atoms with E-state index in [2.05, 4.69) is 29.0 Å². The van der Waals surface area contributed by atoms with Gasteiger partial charge in [-0.25, -0.2) is 4.98 Å². The van der Waals surface area contributed by atoms with Gasteiger partial charge in [0.1, 0.15) is 11.6 Å². The van der Waals surface area contributed by atoms with Gasteiger partial charge >= 0.3 is 0 Å². The van der Waals surface area contributed by atoms with Crippen molar-refractivity contribution in [2.45, 2.75) is 39.2 Å². The van der Waals surface area contributed by atoms with Gasteiger partial charge in [0.25, 0.3) is 5.91 Å². The highest BCUT2D eigenvalue weighted by Crippen LogP contribution is 2.33. The number of aromatic nitrogens is 1. The van der Waals surface area contributed by atoms with Crippen molar-refractivity contribution in [1.29, 1.82) is 0 Å². The van der Waals surface area contributed by atoms with Gasteiger partial charge in [0.2, 0.25) is 0 Å². The normalized spacial score (nSPS) is 14.9. The van der Waals surface area contributed by atoms with Crippen LogP contribution in [-0.4, -0.2) is 48.8 Å². The Labute approximate surface area is 172 Å². The molecule has 0 radical (unpaired) electrons. The predicted octanol–water partition coefficient (Wildman–Crippen LogP) is 3.49. The summed E-state index contributed by atoms with van der Waals surface area (Å²) in [4.78, 5) is 19.8. The molecule has 3 rings (SSSR count). The second kappa shape index (κ2) is 9.74. The zero-order valence-electron chi connectivity index (χ0n) is 17.5. The van der Waals surface area contributed by atoms with Crippen LogP contribution >= 0.6 is 0 Å². The average Bonchev–Trinajstić information content (AvgIpc) is 3.27. The highest BCUT2D eigenvalue weighted by molar-refractivity contribution is 5.96. The van der Waals surface area contributed by atoms with Crippen molar-refractivity contribution < 1.29 is 14.6 Å². The molecule has 1 amide bonds. The number of aliphatic hydroxyl groups excluding tert-OH is 1. The van der Waals surface area contributed by atoms with Gasteiger partial charge in [0.15, 0.2) is 0 Å². The fourth-order valence-electron chi connectivity index (χ4n) is 3.78. The predicted molar refractivity (Wildman–Crippen MR) is 115 cm³/mol. The van der Waals surface area contributed by atoms with Crippen molar-refractivity contribution in [2.75, 3.05) is 31.7 Å². The first-order chi connectivity index (χ1) is 14.0. The third-order valence-electron chi connectivity index (χ3n) is 5.23. The fourth-order valence-corrected chi connectivity index (χ4v) is 3.78. The Morgan fingerprint density at radius 2 is 2.03 bits per heavy atom. The highest BCUT2D eigenvalue weighted by Gasteiger charge is 2.21. The van der Waals surface area contributed by atoms with E-state index in [-0.39, 0.29) is 18.6 Å². The maximum Gasteiger partial charge on any atom is 0.253 e. The molecule has 0 bridgehead atoms. The maximum atomic E-state index is 12.8. The molecule has 6 heteroatoms. The number of ether oxygens (including phenoxy) is 1. The number of hydrogen-bond donors (Lipinski definition) is 2. The molecule has 1 fully saturated rings. The van der Waals surface area contributed by atoms with Crippen molar-refractivity contribution in [1.82, 2.24) is 10.3 Å². The lowest BCUT2D eigenvalue weighted by molar-refractivity contribution is 0.0908. The Hall–Kier alpha value is -2.60. The molecular weight excluding hydrogens is 366 g/mol. The van der Waals surface area contributed by atoms with E-state index in [1.165, 1.54) is 0 Å². The molecule has 0 saturated carbocycles. The standard InChI is InChI=1S/C23H31N3O3/c1-16(2)11-19(15-27)25-23(28)18-13-21(17-7-6-8-20(12-17)29-3)22(24-14-18)26-9-4-5-10-26/h6-8,12-14,16,19,27H,4-5,9-11,15H2,1-3H3,(H,25,28). The molecule has 2 N–H and O–H groups in total. The number of hydrogen-bond acceptors (Lipinski definition) is 5. The lowest BCUT2D eigenvalue weighted by Crippen LogP contribution is -2.38. The first kappa shape index (κ1) is 21.1. The van der Waals surface area contributed by atoms with Crippen LogP contribution in [0.4, 0.5) is 5.82 Å². The van der Waals surface area contributed by atoms with E-state index in [0.29, 0.717) is 11.5 Å². The summed E-state index contributed by atoms with van der Waals surface area (Å²) in [5.41, 5.74) is 2.38. The number of benzene rings is 1. The maximum absolute atomic E-state index is 12.8. The van der Waals surface area contributed by atoms with Crippen LogP contribution in [0.5, 0.6) is 5.75 Å². The van der Waals surface area contributed by atoms with E-state index in [4.69, 9.17) is 4.74 Å². The van der Waals surface area contributed by atoms with E-state index in [1.807, 2.05) is 30.3 Å². The number of anilines is 1. The van der Waals surface area contributed by atoms with Crippen LogP contribution in [0.25, 0.3) is 11.1 Å². The van der Waals surface area contributed by atoms with Gasteiger partial charge in [0, 0.05) is 24.8 Å². The number of nitrogens with zero attached hydrogens (tertiary/aromatic N) is 2. The SMILES string of the molecule is COc1cccc(-c2cc(C(=O)NC(CO)CC(C)C)cnc2N2CCCC2)c1. The van der Waals surface area contributed by atoms with Crippen LogP contribution in [0.2, 0.25) is 0 Å². The topological polar surface area (TPSA) is 74.7 Å². The zero-order valence-corrected chi connectivity index (χ0v) is 17.5. The molecule has 1 atom stereocenters. The molecule has 2 heterocycles. The van der Waals surface area contributed by atoms with Crippen molar-refractivity contribution in [2.24, 2.45) is 5.92 Å². The van der Waals surface area contributed by atoms with E-state index in [0.717, 1.165) is 55.0 Å². The number of pyridine rings is 1. The molecule has 1 unspecified atom stereocenters. The summed E-state index contributed by atoms with van der Waals surface area (Å²) in [6.07, 6.45) is 4.66. The Kier molecular flexibility index (Phi) is 7.09. The summed E-state index contributed by atoms with van der Waals surface area (Å²) in [5, 5.41) is 12.5. The molecule has 2 aromatic rings. The van der Waals surface area contributed by atoms with Crippen molar-refractivity contribution >= 4 is 11.7 Å². The summed E-state index contributed by atoms with van der Waals surface area (Å²) in [6, 6.07) is 9.46. The lowest BCUT2D eigenvalue weighted by Gasteiger charge is -2.22. The minimum absolute atomic E-state index is 0.0774. The number of rotatable bonds is 8. The minimum Gasteiger partial charge on any atom is -0.497 e. The van der Waals surface area contributed by atoms with Gasteiger partial charge in [-0.3, -0.25) is 4.79 Å². The van der Waals surface area contributed by atoms with Crippen molar-refractivity contribution in [3.8, 4) is 16.9 Å². The van der Waals surface area contributed by atoms with Crippen LogP contribution < -0.4 is 15.0 Å². The number of aliphatic hydroxyl groups is 1. The van der Waals surface area contributed by atoms with Crippen LogP contribution in [0.15, 0.2) is 36.5 Å². The quantitative estimate of drug-likeness (QED) is 0.713. The van der Waals surface area contributed by atoms with Gasteiger partial charge in [0.05, 0.1) is 25.3 Å². The van der Waals surface area contributed by atoms with Crippen molar-refractivity contribution in [3.05, 3.63) is 42.1 Å². The Morgan fingerprint density at radius 1 is 1.28 bits per heavy atom. The second-order valence-electron chi connectivity index (χ2n) is 8.00. The monoisotopic (exact) mass is 397 g/mol. The number of amides is 1. The van der Waals surface area contributed by atoms with Crippen LogP contribution in [0.3, 0.4) is 0 Å². The molecular formula is C23H31N3O3. The van der Waals surface area contributed by atoms with E-state index in [1.54, 1.807) is 13.3 Å². The van der Waals surface area contributed by atoms with Gasteiger partial charge in [-0.15, -0.1) is 0 Å². The van der Waals surface area contributed by atoms with E-state index < -0.39 is 0 Å². The molecule has 1 aliphatic rings. The van der Waals surface area contributed by atoms with Gasteiger partial charge in [-0.2, -0.15) is 0 Å². The Bertz CT molecular complexity index is 832. The molecule has 1 saturated heterocycles. The summed E-state index contributed by atoms with van der Waals surface area (Å²) < 4.78 is 5.38. The zero-order chi connectivity index (χ0) is 20.8. The molecule has 0 aliphatic carbocycles. The molecule has 156 valence electrons. The Balaban J connectivity index is 1.94. The average molecular weight is 398 g/mol. The van der Waals surface area contributed by atoms with Crippen LogP contribution in [0, 0.1) is 5.92 Å². The highest BCUT2D eigenvalue weighted by atomic mass is 16.5. The summed E-state index contributed by atoms with van der Waals surface area (Å²) in [5.74, 6) is 1.83. The largest absolute Gasteiger partial charge is 0.497 e. The summed E-state index contributed by atoms with van der Waals surface area (Å²) >= 11 is 0. The van der Waals surface area contributed by atoms with Gasteiger partial charge < -0.3 is 20.1 Å². The van der Waals surface area contributed by atoms with Gasteiger partial charge in [-0.05, 0) is 48.9 Å². The summed E-state index contributed by atoms with van der Waals surface area (Å²) in [7, 11) is 1.65. The lowest BCUT2D eigenvalue weighted by atomic mass is 10.0. The number of carbonyl (C=O) groups is 1. The van der Waals surface area contributed by atoms with Gasteiger partial charge in [-0.1, -0.05) is 26.0 Å². The van der Waals surface area contributed by atoms with Crippen LogP contribution in [0.1, 0.15) is 43.5 Å². The summed E-state index contributed by atoms with van der Waals surface area (Å²) in [6.45, 7) is 6.00. The number of carbonyl (C=O) groups excluding carboxylic acids is 1. The third-order valence-corrected chi connectivity index (χ3v) is 5.23. The molecule has 0 spiro atoms. The molecule has 1 aromatic carbocycles. The molecule has 1 aliphatic heterocycles.